The van der Waals surface area contributed by atoms with Gasteiger partial charge in [0.15, 0.2) is 0 Å². The van der Waals surface area contributed by atoms with E-state index in [4.69, 9.17) is 17.3 Å². The van der Waals surface area contributed by atoms with Crippen molar-refractivity contribution < 1.29 is 5.11 Å². The minimum Gasteiger partial charge on any atom is -0.396 e. The van der Waals surface area contributed by atoms with E-state index in [2.05, 4.69) is 5.32 Å². The molecular formula is C7H13NOS. The Bertz CT molecular complexity index is 123. The molecule has 0 radical (unpaired) electrons. The van der Waals surface area contributed by atoms with Crippen LogP contribution in [0.25, 0.3) is 0 Å². The number of hydrogen-bond donors (Lipinski definition) is 2. The van der Waals surface area contributed by atoms with E-state index in [0.717, 1.165) is 12.8 Å². The summed E-state index contributed by atoms with van der Waals surface area (Å²) in [4.78, 5) is 0. The molecule has 0 aromatic heterocycles. The average Bonchev–Trinajstić information content (AvgIpc) is 2.67. The molecule has 10 heavy (non-hydrogen) atoms. The first-order chi connectivity index (χ1) is 4.83. The molecule has 0 spiro atoms. The van der Waals surface area contributed by atoms with Gasteiger partial charge in [-0.25, -0.2) is 0 Å². The summed E-state index contributed by atoms with van der Waals surface area (Å²) in [5.41, 5.74) is 1.87. The molecule has 1 saturated carbocycles. The number of rotatable bonds is 5. The van der Waals surface area contributed by atoms with Gasteiger partial charge in [0, 0.05) is 12.1 Å². The van der Waals surface area contributed by atoms with E-state index in [9.17, 15) is 0 Å². The molecule has 0 atom stereocenters. The molecule has 0 heterocycles. The summed E-state index contributed by atoms with van der Waals surface area (Å²) in [5, 5.41) is 11.7. The zero-order valence-electron chi connectivity index (χ0n) is 5.97. The second kappa shape index (κ2) is 3.30. The van der Waals surface area contributed by atoms with Gasteiger partial charge in [0.2, 0.25) is 0 Å². The summed E-state index contributed by atoms with van der Waals surface area (Å²) in [6.07, 6.45) is 4.35. The Morgan fingerprint density at radius 3 is 2.70 bits per heavy atom. The third kappa shape index (κ3) is 1.92. The summed E-state index contributed by atoms with van der Waals surface area (Å²) in [6.45, 7) is 0.293. The van der Waals surface area contributed by atoms with Crippen molar-refractivity contribution in [2.24, 2.45) is 0 Å². The molecule has 1 aliphatic rings. The minimum atomic E-state index is 0.282. The van der Waals surface area contributed by atoms with Crippen LogP contribution in [-0.2, 0) is 0 Å². The fraction of sp³-hybridized carbons (Fsp3) is 0.857. The summed E-state index contributed by atoms with van der Waals surface area (Å²) in [5.74, 6) is 0. The van der Waals surface area contributed by atoms with Crippen LogP contribution in [0.15, 0.2) is 0 Å². The second-order valence-corrected chi connectivity index (χ2v) is 3.11. The first-order valence-corrected chi connectivity index (χ1v) is 4.12. The largest absolute Gasteiger partial charge is 0.396 e. The van der Waals surface area contributed by atoms with Gasteiger partial charge >= 0.3 is 0 Å². The Morgan fingerprint density at radius 1 is 1.60 bits per heavy atom. The van der Waals surface area contributed by atoms with Gasteiger partial charge in [0.1, 0.15) is 0 Å². The van der Waals surface area contributed by atoms with Crippen molar-refractivity contribution >= 4 is 17.7 Å². The molecule has 0 aromatic rings. The first kappa shape index (κ1) is 7.95. The van der Waals surface area contributed by atoms with Crippen LogP contribution >= 0.6 is 12.2 Å². The Morgan fingerprint density at radius 2 is 2.30 bits per heavy atom. The summed E-state index contributed by atoms with van der Waals surface area (Å²) >= 11 is 4.69. The topological polar surface area (TPSA) is 32.3 Å². The lowest BCUT2D eigenvalue weighted by Crippen LogP contribution is -2.29. The third-order valence-corrected chi connectivity index (χ3v) is 2.15. The van der Waals surface area contributed by atoms with Gasteiger partial charge in [-0.05, 0) is 25.7 Å². The average molecular weight is 159 g/mol. The number of aliphatic hydroxyl groups excluding tert-OH is 1. The lowest BCUT2D eigenvalue weighted by molar-refractivity contribution is 0.275. The molecule has 0 bridgehead atoms. The summed E-state index contributed by atoms with van der Waals surface area (Å²) < 4.78 is 0. The second-order valence-electron chi connectivity index (χ2n) is 2.87. The lowest BCUT2D eigenvalue weighted by Gasteiger charge is -2.12. The molecule has 0 amide bonds. The SMILES string of the molecule is OCCCC1(NC=S)CC1. The standard InChI is InChI=1S/C7H13NOS/c9-5-1-2-7(3-4-7)8-6-10/h6,9H,1-5H2,(H,8,10). The maximum absolute atomic E-state index is 8.56. The molecule has 3 heteroatoms. The Labute approximate surface area is 66.6 Å². The Hall–Kier alpha value is -0.150. The van der Waals surface area contributed by atoms with Crippen LogP contribution in [0.4, 0.5) is 0 Å². The number of nitrogens with one attached hydrogen (secondary N) is 1. The first-order valence-electron chi connectivity index (χ1n) is 3.65. The quantitative estimate of drug-likeness (QED) is 0.583. The molecule has 0 aromatic carbocycles. The molecular weight excluding hydrogens is 146 g/mol. The maximum atomic E-state index is 8.56. The van der Waals surface area contributed by atoms with Gasteiger partial charge in [-0.2, -0.15) is 0 Å². The monoisotopic (exact) mass is 159 g/mol. The van der Waals surface area contributed by atoms with Gasteiger partial charge < -0.3 is 10.4 Å². The van der Waals surface area contributed by atoms with Crippen molar-refractivity contribution in [3.05, 3.63) is 0 Å². The van der Waals surface area contributed by atoms with Gasteiger partial charge in [-0.3, -0.25) is 0 Å². The Balaban J connectivity index is 2.16. The highest BCUT2D eigenvalue weighted by atomic mass is 32.1. The smallest absolute Gasteiger partial charge is 0.0619 e. The van der Waals surface area contributed by atoms with E-state index in [0.29, 0.717) is 6.61 Å². The predicted octanol–water partition coefficient (Wildman–Crippen LogP) is 0.838. The summed E-state index contributed by atoms with van der Waals surface area (Å²) in [6, 6.07) is 0. The molecule has 0 unspecified atom stereocenters. The number of hydrogen-bond acceptors (Lipinski definition) is 2. The fourth-order valence-corrected chi connectivity index (χ4v) is 1.41. The fourth-order valence-electron chi connectivity index (χ4n) is 1.16. The van der Waals surface area contributed by atoms with Crippen molar-refractivity contribution in [1.82, 2.24) is 5.32 Å². The van der Waals surface area contributed by atoms with Crippen LogP contribution in [-0.4, -0.2) is 22.7 Å². The number of aliphatic hydroxyl groups is 1. The number of thiocarbonyl (C=S) groups is 1. The maximum Gasteiger partial charge on any atom is 0.0619 e. The molecule has 0 aliphatic heterocycles. The highest BCUT2D eigenvalue weighted by molar-refractivity contribution is 7.78. The van der Waals surface area contributed by atoms with Crippen molar-refractivity contribution in [3.63, 3.8) is 0 Å². The zero-order valence-corrected chi connectivity index (χ0v) is 6.78. The highest BCUT2D eigenvalue weighted by Crippen LogP contribution is 2.38. The molecule has 1 aliphatic carbocycles. The highest BCUT2D eigenvalue weighted by Gasteiger charge is 2.40. The normalized spacial score (nSPS) is 20.1. The van der Waals surface area contributed by atoms with E-state index in [1.807, 2.05) is 0 Å². The zero-order chi connectivity index (χ0) is 7.45. The molecule has 2 N–H and O–H groups in total. The van der Waals surface area contributed by atoms with Crippen molar-refractivity contribution in [3.8, 4) is 0 Å². The Kier molecular flexibility index (Phi) is 2.63. The summed E-state index contributed by atoms with van der Waals surface area (Å²) in [7, 11) is 0. The van der Waals surface area contributed by atoms with Crippen LogP contribution in [0, 0.1) is 0 Å². The lowest BCUT2D eigenvalue weighted by atomic mass is 10.1. The van der Waals surface area contributed by atoms with Crippen LogP contribution in [0.5, 0.6) is 0 Å². The van der Waals surface area contributed by atoms with Gasteiger partial charge in [-0.15, -0.1) is 0 Å². The van der Waals surface area contributed by atoms with Gasteiger partial charge in [0.25, 0.3) is 0 Å². The van der Waals surface area contributed by atoms with Crippen LogP contribution in [0.3, 0.4) is 0 Å². The van der Waals surface area contributed by atoms with Crippen molar-refractivity contribution in [1.29, 1.82) is 0 Å². The van der Waals surface area contributed by atoms with Gasteiger partial charge in [-0.1, -0.05) is 12.2 Å². The van der Waals surface area contributed by atoms with E-state index >= 15 is 0 Å². The van der Waals surface area contributed by atoms with Crippen LogP contribution in [0.1, 0.15) is 25.7 Å². The van der Waals surface area contributed by atoms with Gasteiger partial charge in [0.05, 0.1) is 5.49 Å². The minimum absolute atomic E-state index is 0.282. The van der Waals surface area contributed by atoms with Crippen molar-refractivity contribution in [2.75, 3.05) is 6.61 Å². The van der Waals surface area contributed by atoms with Crippen molar-refractivity contribution in [2.45, 2.75) is 31.2 Å². The van der Waals surface area contributed by atoms with E-state index < -0.39 is 0 Å². The predicted molar refractivity (Wildman–Crippen MR) is 45.1 cm³/mol. The molecule has 2 nitrogen and oxygen atoms in total. The molecule has 1 fully saturated rings. The van der Waals surface area contributed by atoms with E-state index in [1.54, 1.807) is 5.49 Å². The van der Waals surface area contributed by atoms with E-state index in [1.165, 1.54) is 12.8 Å². The van der Waals surface area contributed by atoms with Crippen LogP contribution in [0.2, 0.25) is 0 Å². The third-order valence-electron chi connectivity index (χ3n) is 2.03. The van der Waals surface area contributed by atoms with E-state index in [-0.39, 0.29) is 5.54 Å². The molecule has 0 saturated heterocycles. The van der Waals surface area contributed by atoms with Crippen LogP contribution < -0.4 is 5.32 Å². The molecule has 58 valence electrons. The molecule has 1 rings (SSSR count).